The number of aliphatic hydroxyl groups is 2. The monoisotopic (exact) mass is 267 g/mol. The van der Waals surface area contributed by atoms with Crippen LogP contribution in [0.15, 0.2) is 5.29 Å². The van der Waals surface area contributed by atoms with E-state index < -0.39 is 24.8 Å². The molecule has 0 aliphatic rings. The lowest BCUT2D eigenvalue weighted by Gasteiger charge is -2.31. The molecule has 17 heavy (non-hydrogen) atoms. The summed E-state index contributed by atoms with van der Waals surface area (Å²) in [4.78, 5) is 22.0. The van der Waals surface area contributed by atoms with Crippen LogP contribution in [0.3, 0.4) is 0 Å². The van der Waals surface area contributed by atoms with Gasteiger partial charge in [-0.05, 0) is 6.42 Å². The molecule has 3 N–H and O–H groups in total. The van der Waals surface area contributed by atoms with Crippen molar-refractivity contribution in [3.63, 3.8) is 0 Å². The van der Waals surface area contributed by atoms with Crippen LogP contribution in [0.4, 0.5) is 4.79 Å². The lowest BCUT2D eigenvalue weighted by molar-refractivity contribution is 0.0829. The van der Waals surface area contributed by atoms with Crippen LogP contribution in [0.2, 0.25) is 0 Å². The Hall–Kier alpha value is -0.920. The van der Waals surface area contributed by atoms with Gasteiger partial charge >= 0.3 is 6.03 Å². The van der Waals surface area contributed by atoms with Crippen LogP contribution < -0.4 is 5.32 Å². The molecule has 0 fully saturated rings. The number of rotatable bonds is 8. The number of nitrogens with one attached hydrogen (secondary N) is 1. The van der Waals surface area contributed by atoms with E-state index in [4.69, 9.17) is 11.6 Å². The van der Waals surface area contributed by atoms with E-state index in [2.05, 4.69) is 10.6 Å². The zero-order valence-corrected chi connectivity index (χ0v) is 10.5. The van der Waals surface area contributed by atoms with E-state index in [0.29, 0.717) is 17.9 Å². The fraction of sp³-hybridized carbons (Fsp3) is 0.889. The van der Waals surface area contributed by atoms with Crippen LogP contribution in [0.25, 0.3) is 0 Å². The molecule has 0 aromatic rings. The number of nitrogens with zero attached hydrogens (tertiary/aromatic N) is 2. The smallest absolute Gasteiger partial charge is 0.341 e. The SMILES string of the molecule is CCCC(CO)(CO)NC(=O)N(CCCl)N=O. The van der Waals surface area contributed by atoms with Gasteiger partial charge in [0.15, 0.2) is 0 Å². The average Bonchev–Trinajstić information content (AvgIpc) is 2.35. The van der Waals surface area contributed by atoms with Crippen molar-refractivity contribution in [3.8, 4) is 0 Å². The Bertz CT molecular complexity index is 248. The normalized spacial score (nSPS) is 11.1. The first kappa shape index (κ1) is 16.1. The van der Waals surface area contributed by atoms with Crippen LogP contribution in [0, 0.1) is 4.91 Å². The molecular weight excluding hydrogens is 250 g/mol. The number of hydrogen-bond donors (Lipinski definition) is 3. The van der Waals surface area contributed by atoms with Crippen molar-refractivity contribution in [2.75, 3.05) is 25.6 Å². The van der Waals surface area contributed by atoms with Gasteiger partial charge in [0.05, 0.1) is 30.6 Å². The van der Waals surface area contributed by atoms with E-state index in [1.165, 1.54) is 0 Å². The van der Waals surface area contributed by atoms with E-state index in [9.17, 15) is 19.9 Å². The van der Waals surface area contributed by atoms with Crippen molar-refractivity contribution in [3.05, 3.63) is 4.91 Å². The molecule has 0 aromatic heterocycles. The van der Waals surface area contributed by atoms with Gasteiger partial charge in [0, 0.05) is 5.88 Å². The number of aliphatic hydroxyl groups excluding tert-OH is 2. The highest BCUT2D eigenvalue weighted by atomic mass is 35.5. The summed E-state index contributed by atoms with van der Waals surface area (Å²) >= 11 is 5.40. The Morgan fingerprint density at radius 1 is 1.47 bits per heavy atom. The third-order valence-corrected chi connectivity index (χ3v) is 2.50. The second-order valence-corrected chi connectivity index (χ2v) is 4.05. The zero-order valence-electron chi connectivity index (χ0n) is 9.73. The second-order valence-electron chi connectivity index (χ2n) is 3.67. The number of carbonyl (C=O) groups is 1. The first-order chi connectivity index (χ1) is 8.09. The maximum atomic E-state index is 11.6. The molecule has 0 unspecified atom stereocenters. The van der Waals surface area contributed by atoms with Crippen molar-refractivity contribution in [2.24, 2.45) is 5.29 Å². The first-order valence-electron chi connectivity index (χ1n) is 5.29. The number of halogens is 1. The molecular formula is C9H18ClN3O4. The molecule has 2 amide bonds. The van der Waals surface area contributed by atoms with Gasteiger partial charge in [-0.2, -0.15) is 5.01 Å². The molecule has 8 heteroatoms. The number of hydrogen-bond acceptors (Lipinski definition) is 5. The largest absolute Gasteiger partial charge is 0.394 e. The molecule has 0 radical (unpaired) electrons. The van der Waals surface area contributed by atoms with Gasteiger partial charge in [-0.25, -0.2) is 4.79 Å². The summed E-state index contributed by atoms with van der Waals surface area (Å²) in [6, 6.07) is -0.780. The molecule has 0 rings (SSSR count). The fourth-order valence-electron chi connectivity index (χ4n) is 1.38. The molecule has 0 bridgehead atoms. The number of nitroso groups, excluding NO2 is 1. The van der Waals surface area contributed by atoms with E-state index in [1.54, 1.807) is 0 Å². The van der Waals surface area contributed by atoms with Gasteiger partial charge in [0.1, 0.15) is 0 Å². The molecule has 0 spiro atoms. The predicted octanol–water partition coefficient (Wildman–Crippen LogP) is 0.442. The summed E-state index contributed by atoms with van der Waals surface area (Å²) < 4.78 is 0. The third-order valence-electron chi connectivity index (χ3n) is 2.34. The Kier molecular flexibility index (Phi) is 7.77. The summed E-state index contributed by atoms with van der Waals surface area (Å²) in [5, 5.41) is 24.0. The number of amides is 2. The van der Waals surface area contributed by atoms with Crippen LogP contribution in [0.1, 0.15) is 19.8 Å². The molecule has 7 nitrogen and oxygen atoms in total. The molecule has 0 aliphatic heterocycles. The minimum absolute atomic E-state index is 0.0318. The summed E-state index contributed by atoms with van der Waals surface area (Å²) in [6.07, 6.45) is 1.05. The minimum Gasteiger partial charge on any atom is -0.394 e. The Labute approximate surface area is 105 Å². The Morgan fingerprint density at radius 3 is 2.41 bits per heavy atom. The van der Waals surface area contributed by atoms with Crippen molar-refractivity contribution in [2.45, 2.75) is 25.3 Å². The van der Waals surface area contributed by atoms with Gasteiger partial charge in [-0.15, -0.1) is 16.5 Å². The van der Waals surface area contributed by atoms with E-state index in [1.807, 2.05) is 6.92 Å². The first-order valence-corrected chi connectivity index (χ1v) is 5.83. The van der Waals surface area contributed by atoms with Crippen molar-refractivity contribution >= 4 is 17.6 Å². The Morgan fingerprint density at radius 2 is 2.06 bits per heavy atom. The van der Waals surface area contributed by atoms with Gasteiger partial charge in [-0.3, -0.25) is 0 Å². The lowest BCUT2D eigenvalue weighted by atomic mass is 9.96. The zero-order chi connectivity index (χ0) is 13.3. The summed E-state index contributed by atoms with van der Waals surface area (Å²) in [7, 11) is 0. The standard InChI is InChI=1S/C9H18ClN3O4/c1-2-3-9(6-14,7-15)11-8(16)13(12-17)5-4-10/h14-15H,2-7H2,1H3,(H,11,16). The molecule has 0 aliphatic carbocycles. The Balaban J connectivity index is 4.63. The van der Waals surface area contributed by atoms with E-state index in [-0.39, 0.29) is 12.4 Å². The number of urea groups is 1. The topological polar surface area (TPSA) is 102 Å². The summed E-state index contributed by atoms with van der Waals surface area (Å²) in [5.41, 5.74) is -1.14. The van der Waals surface area contributed by atoms with Crippen LogP contribution in [-0.4, -0.2) is 52.4 Å². The second kappa shape index (κ2) is 8.21. The van der Waals surface area contributed by atoms with Crippen LogP contribution in [0.5, 0.6) is 0 Å². The molecule has 0 heterocycles. The lowest BCUT2D eigenvalue weighted by Crippen LogP contribution is -2.57. The average molecular weight is 268 g/mol. The van der Waals surface area contributed by atoms with Crippen LogP contribution >= 0.6 is 11.6 Å². The van der Waals surface area contributed by atoms with Gasteiger partial charge < -0.3 is 15.5 Å². The molecule has 0 saturated heterocycles. The third kappa shape index (κ3) is 4.84. The van der Waals surface area contributed by atoms with Crippen molar-refractivity contribution in [1.82, 2.24) is 10.3 Å². The van der Waals surface area contributed by atoms with E-state index >= 15 is 0 Å². The van der Waals surface area contributed by atoms with Crippen molar-refractivity contribution in [1.29, 1.82) is 0 Å². The fourth-order valence-corrected chi connectivity index (χ4v) is 1.54. The predicted molar refractivity (Wildman–Crippen MR) is 63.6 cm³/mol. The van der Waals surface area contributed by atoms with Crippen LogP contribution in [-0.2, 0) is 0 Å². The highest BCUT2D eigenvalue weighted by molar-refractivity contribution is 6.18. The molecule has 100 valence electrons. The van der Waals surface area contributed by atoms with E-state index in [0.717, 1.165) is 0 Å². The molecule has 0 aromatic carbocycles. The summed E-state index contributed by atoms with van der Waals surface area (Å²) in [6.45, 7) is 0.976. The summed E-state index contributed by atoms with van der Waals surface area (Å²) in [5.74, 6) is 0.0676. The highest BCUT2D eigenvalue weighted by Crippen LogP contribution is 2.12. The molecule has 0 saturated carbocycles. The minimum atomic E-state index is -1.14. The number of carbonyl (C=O) groups excluding carboxylic acids is 1. The molecule has 0 atom stereocenters. The number of alkyl halides is 1. The van der Waals surface area contributed by atoms with Gasteiger partial charge in [0.2, 0.25) is 0 Å². The quantitative estimate of drug-likeness (QED) is 0.337. The highest BCUT2D eigenvalue weighted by Gasteiger charge is 2.31. The van der Waals surface area contributed by atoms with Crippen molar-refractivity contribution < 1.29 is 15.0 Å². The van der Waals surface area contributed by atoms with Gasteiger partial charge in [0.25, 0.3) is 0 Å². The van der Waals surface area contributed by atoms with Gasteiger partial charge in [-0.1, -0.05) is 13.3 Å². The maximum Gasteiger partial charge on any atom is 0.341 e. The maximum absolute atomic E-state index is 11.6.